The molecule has 6 aromatic carbocycles. The number of amides is 2. The van der Waals surface area contributed by atoms with E-state index >= 15 is 0 Å². The molecule has 0 spiro atoms. The summed E-state index contributed by atoms with van der Waals surface area (Å²) in [5.74, 6) is 1.51. The first-order chi connectivity index (χ1) is 51.1. The van der Waals surface area contributed by atoms with Crippen LogP contribution in [0.1, 0.15) is 146 Å². The van der Waals surface area contributed by atoms with Gasteiger partial charge in [-0.05, 0) is 239 Å². The molecule has 5 N–H and O–H groups in total. The molecule has 105 heavy (non-hydrogen) atoms. The maximum Gasteiger partial charge on any atom is 0.494 e. The van der Waals surface area contributed by atoms with Crippen LogP contribution < -0.4 is 10.9 Å². The van der Waals surface area contributed by atoms with Crippen LogP contribution in [0, 0.1) is 0 Å². The normalized spacial score (nSPS) is 18.4. The number of ether oxygens (including phenoxy) is 2. The summed E-state index contributed by atoms with van der Waals surface area (Å²) in [6.07, 6.45) is 6.45. The number of carbonyl (C=O) groups excluding carboxylic acids is 2. The molecule has 21 heteroatoms. The van der Waals surface area contributed by atoms with Crippen molar-refractivity contribution in [3.63, 3.8) is 0 Å². The van der Waals surface area contributed by atoms with Crippen molar-refractivity contribution < 1.29 is 41.9 Å². The van der Waals surface area contributed by atoms with Gasteiger partial charge in [-0.15, -0.1) is 0 Å². The number of hydrogen-bond acceptors (Lipinski definition) is 10. The van der Waals surface area contributed by atoms with Gasteiger partial charge >= 0.3 is 26.4 Å². The molecule has 4 saturated heterocycles. The maximum absolute atomic E-state index is 12.8. The van der Waals surface area contributed by atoms with Crippen LogP contribution in [0.4, 0.5) is 9.59 Å². The molecule has 0 radical (unpaired) electrons. The molecule has 9 heterocycles. The average molecular weight is 1540 g/mol. The number of likely N-dealkylation sites (tertiary alicyclic amines) is 2. The van der Waals surface area contributed by atoms with Crippen molar-refractivity contribution in [2.75, 3.05) is 13.1 Å². The predicted octanol–water partition coefficient (Wildman–Crippen LogP) is 20.1. The lowest BCUT2D eigenvalue weighted by Crippen LogP contribution is -2.41. The minimum atomic E-state index is -0.554. The third-order valence-electron chi connectivity index (χ3n) is 20.2. The molecule has 11 aromatic rings. The summed E-state index contributed by atoms with van der Waals surface area (Å²) in [4.78, 5) is 49.7. The van der Waals surface area contributed by atoms with Gasteiger partial charge in [0.05, 0.1) is 58.3 Å². The molecule has 5 aromatic heterocycles. The molecule has 0 saturated carbocycles. The number of rotatable bonds is 12. The van der Waals surface area contributed by atoms with E-state index in [4.69, 9.17) is 32.3 Å². The highest BCUT2D eigenvalue weighted by Gasteiger charge is 2.53. The highest BCUT2D eigenvalue weighted by Crippen LogP contribution is 2.41. The van der Waals surface area contributed by atoms with Crippen LogP contribution in [0.25, 0.3) is 90.1 Å². The van der Waals surface area contributed by atoms with Crippen molar-refractivity contribution in [3.8, 4) is 90.1 Å². The molecule has 4 aliphatic rings. The Morgan fingerprint density at radius 2 is 0.648 bits per heavy atom. The average Bonchev–Trinajstić information content (AvgIpc) is 1.63. The van der Waals surface area contributed by atoms with E-state index in [2.05, 4.69) is 107 Å². The predicted molar refractivity (Wildman–Crippen MR) is 427 cm³/mol. The molecular weight excluding hydrogens is 1440 g/mol. The molecule has 4 fully saturated rings. The summed E-state index contributed by atoms with van der Waals surface area (Å²) in [6, 6.07) is 59.8. The highest BCUT2D eigenvalue weighted by atomic mass is 79.9. The van der Waals surface area contributed by atoms with E-state index in [1.165, 1.54) is 14.9 Å². The molecule has 0 aliphatic carbocycles. The standard InChI is InChI=1S/C40H47N7O4.C28H35B2NO4.C16H11Br2N/c1-39(2,3)50-37(48)46-21-7-9-33(46)35-41-23-31(44-35)27-15-11-25(12-16-27)29-19-20-30(43-29)26-13-17-28(18-14-26)32-24-42-36(45-32)34-10-8-22-47(34)38(49)51-40(4,5)6;1-25(2)26(3,4)33-29(32-25)21-13-9-19(10-14-21)23-17-18-24(31-23)20-11-15-22(16-12-20)30-34-27(5,6)28(7,8)35-30;17-13-5-1-11(2-6-13)15-9-10-16(19-15)12-3-7-14(18)8-4-12/h11-20,23-24,33-34,43H,7-10,21-22H2,1-6H3,(H,41,44)(H,42,45);9-18,31H,1-8H3;1-10,19H/i/hD3. The maximum atomic E-state index is 12.8. The number of carbonyl (C=O) groups is 2. The first kappa shape index (κ1) is 70.4. The van der Waals surface area contributed by atoms with Gasteiger partial charge in [-0.3, -0.25) is 9.80 Å². The van der Waals surface area contributed by atoms with E-state index in [1.807, 2.05) is 236 Å². The molecule has 17 nitrogen and oxygen atoms in total. The zero-order chi connectivity index (χ0) is 77.0. The summed E-state index contributed by atoms with van der Waals surface area (Å²) >= 11 is 6.85. The van der Waals surface area contributed by atoms with E-state index in [1.54, 1.807) is 9.80 Å². The molecule has 2 amide bonds. The fourth-order valence-corrected chi connectivity index (χ4v) is 13.5. The Morgan fingerprint density at radius 3 is 0.905 bits per heavy atom. The van der Waals surface area contributed by atoms with Crippen LogP contribution in [0.15, 0.2) is 203 Å². The van der Waals surface area contributed by atoms with E-state index in [0.717, 1.165) is 147 Å². The zero-order valence-corrected chi connectivity index (χ0v) is 65.4. The topological polar surface area (TPSA) is 201 Å². The van der Waals surface area contributed by atoms with Crippen molar-refractivity contribution in [2.45, 2.75) is 168 Å². The monoisotopic (exact) mass is 1540 g/mol. The summed E-state index contributed by atoms with van der Waals surface area (Å²) in [6.45, 7) is 29.0. The van der Waals surface area contributed by atoms with Crippen molar-refractivity contribution in [1.82, 2.24) is 44.7 Å². The fourth-order valence-electron chi connectivity index (χ4n) is 13.0. The van der Waals surface area contributed by atoms with E-state index < -0.39 is 25.4 Å². The van der Waals surface area contributed by atoms with Crippen molar-refractivity contribution in [3.05, 3.63) is 215 Å². The number of halogens is 2. The lowest BCUT2D eigenvalue weighted by molar-refractivity contribution is 0.00578. The van der Waals surface area contributed by atoms with Crippen LogP contribution in [0.3, 0.4) is 0 Å². The SMILES string of the molecule is [2H]n1c(-c2ccc(-c3cnc(C4CCCN4C(=O)OC(C)(C)C)[nH]3)cc2)ccc1-c1ccc(-c2cnc(C3CCCN3C(=O)OC(C)(C)C)[nH]2)cc1.[2H]n1c(-c2ccc(B3OC(C)(C)C(C)(C)O3)cc2)ccc1-c1ccc(B2OC(C)(C)C(C)(C)O2)cc1.[2H]n1c(-c2ccc(Br)cc2)ccc1-c1ccc(Br)cc1. The number of nitrogens with one attached hydrogen (secondary N) is 5. The number of H-pyrrole nitrogens is 5. The first-order valence-corrected chi connectivity index (χ1v) is 37.6. The zero-order valence-electron chi connectivity index (χ0n) is 65.2. The Balaban J connectivity index is 0.000000158. The molecular formula is C84H93B2Br2N9O8. The number of benzene rings is 6. The lowest BCUT2D eigenvalue weighted by atomic mass is 9.79. The number of aromatic nitrogens is 7. The quantitative estimate of drug-likeness (QED) is 0.0733. The van der Waals surface area contributed by atoms with Crippen molar-refractivity contribution in [1.29, 1.82) is 0 Å². The Bertz CT molecular complexity index is 4670. The lowest BCUT2D eigenvalue weighted by Gasteiger charge is -2.32. The van der Waals surface area contributed by atoms with E-state index in [0.29, 0.717) is 13.1 Å². The van der Waals surface area contributed by atoms with Gasteiger partial charge in [0.1, 0.15) is 22.9 Å². The second-order valence-corrected chi connectivity index (χ2v) is 33.1. The Labute approximate surface area is 638 Å². The van der Waals surface area contributed by atoms with Gasteiger partial charge < -0.3 is 53.0 Å². The van der Waals surface area contributed by atoms with Gasteiger partial charge in [0.25, 0.3) is 0 Å². The highest BCUT2D eigenvalue weighted by molar-refractivity contribution is 9.10. The van der Waals surface area contributed by atoms with Gasteiger partial charge in [0, 0.05) is 56.2 Å². The first-order valence-electron chi connectivity index (χ1n) is 37.3. The van der Waals surface area contributed by atoms with Crippen LogP contribution in [-0.2, 0) is 28.1 Å². The summed E-state index contributed by atoms with van der Waals surface area (Å²) in [5, 5.41) is 0. The molecule has 15 rings (SSSR count). The molecule has 4 aliphatic heterocycles. The Hall–Kier alpha value is -8.95. The molecule has 2 atom stereocenters. The smallest absolute Gasteiger partial charge is 0.444 e. The largest absolute Gasteiger partial charge is 0.494 e. The van der Waals surface area contributed by atoms with Crippen molar-refractivity contribution in [2.24, 2.45) is 0 Å². The molecule has 2 unspecified atom stereocenters. The molecule has 542 valence electrons. The van der Waals surface area contributed by atoms with Gasteiger partial charge in [0.15, 0.2) is 4.24 Å². The minimum absolute atomic E-state index is 0.146. The fraction of sp³-hybridized carbons (Fsp3) is 0.333. The second-order valence-electron chi connectivity index (χ2n) is 31.3. The Kier molecular flexibility index (Phi) is 20.0. The van der Waals surface area contributed by atoms with Gasteiger partial charge in [0.2, 0.25) is 0 Å². The van der Waals surface area contributed by atoms with Crippen LogP contribution in [0.5, 0.6) is 0 Å². The van der Waals surface area contributed by atoms with Gasteiger partial charge in [-0.1, -0.05) is 153 Å². The van der Waals surface area contributed by atoms with Gasteiger partial charge in [-0.2, -0.15) is 0 Å². The summed E-state index contributed by atoms with van der Waals surface area (Å²) < 4.78 is 64.0. The summed E-state index contributed by atoms with van der Waals surface area (Å²) in [5.41, 5.74) is 13.8. The number of aromatic amines is 5. The Morgan fingerprint density at radius 1 is 0.410 bits per heavy atom. The minimum Gasteiger partial charge on any atom is -0.444 e. The number of nitrogens with zero attached hydrogens (tertiary/aromatic N) is 4. The molecule has 0 bridgehead atoms. The van der Waals surface area contributed by atoms with Crippen LogP contribution in [0.2, 0.25) is 4.24 Å². The number of imidazole rings is 2. The number of hydrogen-bond donors (Lipinski definition) is 5. The third kappa shape index (κ3) is 17.0. The van der Waals surface area contributed by atoms with E-state index in [-0.39, 0.29) is 46.7 Å². The van der Waals surface area contributed by atoms with Gasteiger partial charge in [-0.25, -0.2) is 19.6 Å². The van der Waals surface area contributed by atoms with E-state index in [9.17, 15) is 9.59 Å². The summed E-state index contributed by atoms with van der Waals surface area (Å²) in [7, 11) is -0.797. The second kappa shape index (κ2) is 29.8. The van der Waals surface area contributed by atoms with Crippen LogP contribution in [-0.4, -0.2) is 118 Å². The third-order valence-corrected chi connectivity index (χ3v) is 21.3. The van der Waals surface area contributed by atoms with Crippen LogP contribution >= 0.6 is 31.9 Å². The van der Waals surface area contributed by atoms with Crippen molar-refractivity contribution >= 4 is 69.2 Å².